The maximum atomic E-state index is 4.47. The average Bonchev–Trinajstić information content (AvgIpc) is 2.30. The van der Waals surface area contributed by atoms with Gasteiger partial charge in [-0.25, -0.2) is 4.98 Å². The third-order valence-corrected chi connectivity index (χ3v) is 2.88. The summed E-state index contributed by atoms with van der Waals surface area (Å²) in [7, 11) is 4.08. The normalized spacial score (nSPS) is 12.5. The Morgan fingerprint density at radius 1 is 1.50 bits per heavy atom. The van der Waals surface area contributed by atoms with E-state index in [4.69, 9.17) is 0 Å². The lowest BCUT2D eigenvalue weighted by Crippen LogP contribution is -2.26. The van der Waals surface area contributed by atoms with Crippen LogP contribution in [0.1, 0.15) is 25.8 Å². The number of pyridine rings is 1. The first-order valence-electron chi connectivity index (χ1n) is 5.98. The first-order chi connectivity index (χ1) is 7.69. The van der Waals surface area contributed by atoms with Crippen molar-refractivity contribution in [3.8, 4) is 0 Å². The molecule has 0 saturated heterocycles. The van der Waals surface area contributed by atoms with Gasteiger partial charge in [0.05, 0.1) is 0 Å². The Labute approximate surface area is 98.9 Å². The predicted octanol–water partition coefficient (Wildman–Crippen LogP) is 2.28. The van der Waals surface area contributed by atoms with Gasteiger partial charge in [-0.05, 0) is 19.0 Å². The Morgan fingerprint density at radius 3 is 2.88 bits per heavy atom. The van der Waals surface area contributed by atoms with Gasteiger partial charge in [0.2, 0.25) is 0 Å². The van der Waals surface area contributed by atoms with E-state index in [1.165, 1.54) is 12.0 Å². The molecule has 1 heterocycles. The molecule has 0 radical (unpaired) electrons. The summed E-state index contributed by atoms with van der Waals surface area (Å²) in [5.74, 6) is 1.80. The SMILES string of the molecule is CCC(C)CN(C)c1ncccc1CNC. The van der Waals surface area contributed by atoms with Gasteiger partial charge in [0.25, 0.3) is 0 Å². The second-order valence-electron chi connectivity index (χ2n) is 4.41. The third-order valence-electron chi connectivity index (χ3n) is 2.88. The second-order valence-corrected chi connectivity index (χ2v) is 4.41. The quantitative estimate of drug-likeness (QED) is 0.799. The van der Waals surface area contributed by atoms with Gasteiger partial charge in [-0.2, -0.15) is 0 Å². The van der Waals surface area contributed by atoms with E-state index in [9.17, 15) is 0 Å². The second kappa shape index (κ2) is 6.48. The van der Waals surface area contributed by atoms with E-state index in [0.29, 0.717) is 5.92 Å². The Bertz CT molecular complexity index is 312. The molecular weight excluding hydrogens is 198 g/mol. The standard InChI is InChI=1S/C13H23N3/c1-5-11(2)10-16(4)13-12(9-14-3)7-6-8-15-13/h6-8,11,14H,5,9-10H2,1-4H3. The van der Waals surface area contributed by atoms with Crippen LogP contribution in [0.4, 0.5) is 5.82 Å². The first-order valence-corrected chi connectivity index (χ1v) is 5.98. The number of nitrogens with one attached hydrogen (secondary N) is 1. The summed E-state index contributed by atoms with van der Waals surface area (Å²) in [6.45, 7) is 6.43. The maximum Gasteiger partial charge on any atom is 0.132 e. The minimum absolute atomic E-state index is 0.703. The molecule has 0 aliphatic carbocycles. The largest absolute Gasteiger partial charge is 0.359 e. The summed E-state index contributed by atoms with van der Waals surface area (Å²) in [6.07, 6.45) is 3.07. The number of anilines is 1. The molecule has 3 heteroatoms. The van der Waals surface area contributed by atoms with Gasteiger partial charge in [-0.1, -0.05) is 26.3 Å². The molecule has 0 bridgehead atoms. The lowest BCUT2D eigenvalue weighted by Gasteiger charge is -2.23. The van der Waals surface area contributed by atoms with Crippen molar-refractivity contribution in [3.05, 3.63) is 23.9 Å². The van der Waals surface area contributed by atoms with E-state index in [0.717, 1.165) is 18.9 Å². The zero-order valence-corrected chi connectivity index (χ0v) is 10.8. The van der Waals surface area contributed by atoms with Crippen molar-refractivity contribution >= 4 is 5.82 Å². The van der Waals surface area contributed by atoms with E-state index in [1.807, 2.05) is 19.3 Å². The topological polar surface area (TPSA) is 28.2 Å². The summed E-state index contributed by atoms with van der Waals surface area (Å²) in [6, 6.07) is 4.12. The third kappa shape index (κ3) is 3.49. The zero-order valence-electron chi connectivity index (χ0n) is 10.8. The lowest BCUT2D eigenvalue weighted by molar-refractivity contribution is 0.556. The molecule has 1 atom stereocenters. The molecule has 0 aromatic carbocycles. The summed E-state index contributed by atoms with van der Waals surface area (Å²) >= 11 is 0. The van der Waals surface area contributed by atoms with Gasteiger partial charge >= 0.3 is 0 Å². The smallest absolute Gasteiger partial charge is 0.132 e. The summed E-state index contributed by atoms with van der Waals surface area (Å²) in [5, 5.41) is 3.18. The van der Waals surface area contributed by atoms with Crippen LogP contribution < -0.4 is 10.2 Å². The highest BCUT2D eigenvalue weighted by molar-refractivity contribution is 5.45. The molecule has 0 amide bonds. The van der Waals surface area contributed by atoms with Crippen LogP contribution in [0.5, 0.6) is 0 Å². The van der Waals surface area contributed by atoms with Gasteiger partial charge in [-0.15, -0.1) is 0 Å². The number of rotatable bonds is 6. The van der Waals surface area contributed by atoms with E-state index >= 15 is 0 Å². The molecule has 1 unspecified atom stereocenters. The Kier molecular flexibility index (Phi) is 5.26. The maximum absolute atomic E-state index is 4.47. The highest BCUT2D eigenvalue weighted by Crippen LogP contribution is 2.17. The number of nitrogens with zero attached hydrogens (tertiary/aromatic N) is 2. The Morgan fingerprint density at radius 2 is 2.25 bits per heavy atom. The fourth-order valence-corrected chi connectivity index (χ4v) is 1.79. The van der Waals surface area contributed by atoms with Gasteiger partial charge < -0.3 is 10.2 Å². The molecular formula is C13H23N3. The molecule has 1 aromatic heterocycles. The summed E-state index contributed by atoms with van der Waals surface area (Å²) < 4.78 is 0. The van der Waals surface area contributed by atoms with Crippen molar-refractivity contribution in [2.24, 2.45) is 5.92 Å². The van der Waals surface area contributed by atoms with E-state index in [1.54, 1.807) is 0 Å². The number of hydrogen-bond donors (Lipinski definition) is 1. The van der Waals surface area contributed by atoms with Crippen LogP contribution in [-0.2, 0) is 6.54 Å². The molecule has 1 N–H and O–H groups in total. The molecule has 0 aliphatic heterocycles. The predicted molar refractivity (Wildman–Crippen MR) is 69.7 cm³/mol. The highest BCUT2D eigenvalue weighted by Gasteiger charge is 2.10. The fourth-order valence-electron chi connectivity index (χ4n) is 1.79. The number of hydrogen-bond acceptors (Lipinski definition) is 3. The van der Waals surface area contributed by atoms with Gasteiger partial charge in [-0.3, -0.25) is 0 Å². The Balaban J connectivity index is 2.77. The lowest BCUT2D eigenvalue weighted by atomic mass is 10.1. The highest BCUT2D eigenvalue weighted by atomic mass is 15.2. The van der Waals surface area contributed by atoms with Crippen molar-refractivity contribution in [3.63, 3.8) is 0 Å². The van der Waals surface area contributed by atoms with E-state index in [-0.39, 0.29) is 0 Å². The number of aromatic nitrogens is 1. The van der Waals surface area contributed by atoms with E-state index < -0.39 is 0 Å². The van der Waals surface area contributed by atoms with Crippen molar-refractivity contribution < 1.29 is 0 Å². The molecule has 1 aromatic rings. The minimum Gasteiger partial charge on any atom is -0.359 e. The molecule has 1 rings (SSSR count). The van der Waals surface area contributed by atoms with Crippen LogP contribution in [-0.4, -0.2) is 25.6 Å². The molecule has 0 aliphatic rings. The van der Waals surface area contributed by atoms with Crippen LogP contribution in [0.25, 0.3) is 0 Å². The monoisotopic (exact) mass is 221 g/mol. The molecule has 3 nitrogen and oxygen atoms in total. The Hall–Kier alpha value is -1.09. The van der Waals surface area contributed by atoms with Crippen molar-refractivity contribution in [1.29, 1.82) is 0 Å². The van der Waals surface area contributed by atoms with Gasteiger partial charge in [0.15, 0.2) is 0 Å². The zero-order chi connectivity index (χ0) is 12.0. The van der Waals surface area contributed by atoms with Crippen LogP contribution in [0.3, 0.4) is 0 Å². The summed E-state index contributed by atoms with van der Waals surface area (Å²) in [4.78, 5) is 6.72. The van der Waals surface area contributed by atoms with Crippen LogP contribution in [0, 0.1) is 5.92 Å². The fraction of sp³-hybridized carbons (Fsp3) is 0.615. The summed E-state index contributed by atoms with van der Waals surface area (Å²) in [5.41, 5.74) is 1.26. The van der Waals surface area contributed by atoms with Crippen LogP contribution in [0.15, 0.2) is 18.3 Å². The van der Waals surface area contributed by atoms with E-state index in [2.05, 4.69) is 42.2 Å². The molecule has 90 valence electrons. The van der Waals surface area contributed by atoms with Crippen molar-refractivity contribution in [2.75, 3.05) is 25.5 Å². The van der Waals surface area contributed by atoms with Gasteiger partial charge in [0, 0.05) is 31.9 Å². The molecule has 0 fully saturated rings. The molecule has 0 spiro atoms. The van der Waals surface area contributed by atoms with Gasteiger partial charge in [0.1, 0.15) is 5.82 Å². The molecule has 16 heavy (non-hydrogen) atoms. The van der Waals surface area contributed by atoms with Crippen LogP contribution in [0.2, 0.25) is 0 Å². The average molecular weight is 221 g/mol. The van der Waals surface area contributed by atoms with Crippen molar-refractivity contribution in [2.45, 2.75) is 26.8 Å². The first kappa shape index (κ1) is 13.0. The van der Waals surface area contributed by atoms with Crippen LogP contribution >= 0.6 is 0 Å². The van der Waals surface area contributed by atoms with Crippen molar-refractivity contribution in [1.82, 2.24) is 10.3 Å². The molecule has 0 saturated carbocycles. The minimum atomic E-state index is 0.703.